The third-order valence-corrected chi connectivity index (χ3v) is 4.93. The van der Waals surface area contributed by atoms with Crippen molar-refractivity contribution in [3.8, 4) is 5.75 Å². The summed E-state index contributed by atoms with van der Waals surface area (Å²) >= 11 is 0. The molecule has 0 amide bonds. The van der Waals surface area contributed by atoms with Gasteiger partial charge in [0, 0.05) is 12.2 Å². The van der Waals surface area contributed by atoms with E-state index in [1.54, 1.807) is 12.1 Å². The number of hydrogen-bond acceptors (Lipinski definition) is 5. The molecule has 0 fully saturated rings. The van der Waals surface area contributed by atoms with E-state index in [9.17, 15) is 10.2 Å². The van der Waals surface area contributed by atoms with Crippen LogP contribution in [0.2, 0.25) is 0 Å². The topological polar surface area (TPSA) is 83.2 Å². The van der Waals surface area contributed by atoms with Crippen LogP contribution < -0.4 is 5.32 Å². The third-order valence-electron chi connectivity index (χ3n) is 4.93. The Bertz CT molecular complexity index is 1120. The summed E-state index contributed by atoms with van der Waals surface area (Å²) in [5, 5.41) is 23.2. The summed E-state index contributed by atoms with van der Waals surface area (Å²) in [5.41, 5.74) is 5.22. The van der Waals surface area contributed by atoms with E-state index >= 15 is 0 Å². The molecule has 2 heterocycles. The van der Waals surface area contributed by atoms with Gasteiger partial charge in [0.15, 0.2) is 0 Å². The number of rotatable bonds is 7. The quantitative estimate of drug-likeness (QED) is 0.450. The average molecular weight is 388 g/mol. The minimum atomic E-state index is -0.0359. The maximum atomic E-state index is 10.3. The summed E-state index contributed by atoms with van der Waals surface area (Å²) in [7, 11) is 0. The van der Waals surface area contributed by atoms with Crippen LogP contribution in [0.5, 0.6) is 5.75 Å². The molecule has 6 heteroatoms. The second-order valence-electron chi connectivity index (χ2n) is 7.08. The number of hydrogen-bond donors (Lipinski definition) is 3. The monoisotopic (exact) mass is 388 g/mol. The Labute approximate surface area is 169 Å². The number of aliphatic hydroxyl groups is 1. The zero-order valence-electron chi connectivity index (χ0n) is 16.3. The molecule has 0 atom stereocenters. The Morgan fingerprint density at radius 3 is 2.59 bits per heavy atom. The van der Waals surface area contributed by atoms with Crippen molar-refractivity contribution in [2.45, 2.75) is 26.5 Å². The highest BCUT2D eigenvalue weighted by atomic mass is 16.3. The maximum absolute atomic E-state index is 10.3. The highest BCUT2D eigenvalue weighted by Crippen LogP contribution is 2.25. The summed E-state index contributed by atoms with van der Waals surface area (Å²) in [6.45, 7) is 2.98. The molecular weight excluding hydrogens is 364 g/mol. The lowest BCUT2D eigenvalue weighted by Gasteiger charge is -2.12. The molecular formula is C23H24N4O2. The summed E-state index contributed by atoms with van der Waals surface area (Å²) < 4.78 is 2.00. The highest BCUT2D eigenvalue weighted by Gasteiger charge is 2.14. The number of nitrogens with zero attached hydrogens (tertiary/aromatic N) is 3. The molecule has 4 rings (SSSR count). The first-order valence-corrected chi connectivity index (χ1v) is 9.67. The van der Waals surface area contributed by atoms with E-state index in [0.29, 0.717) is 18.2 Å². The third kappa shape index (κ3) is 4.22. The first kappa shape index (κ1) is 19.0. The smallest absolute Gasteiger partial charge is 0.204 e. The van der Waals surface area contributed by atoms with Crippen molar-refractivity contribution in [3.05, 3.63) is 83.2 Å². The molecule has 3 N–H and O–H groups in total. The first-order valence-electron chi connectivity index (χ1n) is 9.67. The Morgan fingerprint density at radius 2 is 1.79 bits per heavy atom. The molecule has 0 spiro atoms. The van der Waals surface area contributed by atoms with Crippen LogP contribution >= 0.6 is 0 Å². The zero-order chi connectivity index (χ0) is 20.2. The molecule has 0 aliphatic heterocycles. The SMILES string of the molecule is Cc1ccc(O)c(Cn2c(NCCc3ccccc3)nc3ccc(CO)cc32)n1. The molecule has 0 aliphatic carbocycles. The van der Waals surface area contributed by atoms with Gasteiger partial charge < -0.3 is 20.1 Å². The maximum Gasteiger partial charge on any atom is 0.204 e. The van der Waals surface area contributed by atoms with E-state index in [-0.39, 0.29) is 12.4 Å². The number of aromatic hydroxyl groups is 1. The van der Waals surface area contributed by atoms with Gasteiger partial charge in [0.1, 0.15) is 11.4 Å². The molecule has 148 valence electrons. The van der Waals surface area contributed by atoms with E-state index in [4.69, 9.17) is 4.98 Å². The molecule has 4 aromatic rings. The molecule has 2 aromatic carbocycles. The van der Waals surface area contributed by atoms with Gasteiger partial charge in [-0.05, 0) is 48.7 Å². The van der Waals surface area contributed by atoms with Gasteiger partial charge in [-0.15, -0.1) is 0 Å². The molecule has 0 unspecified atom stereocenters. The zero-order valence-corrected chi connectivity index (χ0v) is 16.3. The van der Waals surface area contributed by atoms with Gasteiger partial charge in [-0.1, -0.05) is 36.4 Å². The lowest BCUT2D eigenvalue weighted by Crippen LogP contribution is -2.12. The van der Waals surface area contributed by atoms with Gasteiger partial charge in [0.2, 0.25) is 5.95 Å². The van der Waals surface area contributed by atoms with Crippen LogP contribution in [0, 0.1) is 6.92 Å². The molecule has 0 saturated heterocycles. The standard InChI is InChI=1S/C23H24N4O2/c1-16-7-10-22(29)20(25-16)14-27-21-13-18(15-28)8-9-19(21)26-23(27)24-12-11-17-5-3-2-4-6-17/h2-10,13,28-29H,11-12,14-15H2,1H3,(H,24,26). The van der Waals surface area contributed by atoms with Crippen molar-refractivity contribution in [3.63, 3.8) is 0 Å². The molecule has 0 radical (unpaired) electrons. The fourth-order valence-corrected chi connectivity index (χ4v) is 3.39. The van der Waals surface area contributed by atoms with Crippen molar-refractivity contribution >= 4 is 17.0 Å². The predicted molar refractivity (Wildman–Crippen MR) is 114 cm³/mol. The number of fused-ring (bicyclic) bond motifs is 1. The number of nitrogens with one attached hydrogen (secondary N) is 1. The van der Waals surface area contributed by atoms with Crippen LogP contribution in [0.1, 0.15) is 22.5 Å². The van der Waals surface area contributed by atoms with Crippen molar-refractivity contribution in [2.75, 3.05) is 11.9 Å². The van der Waals surface area contributed by atoms with Gasteiger partial charge >= 0.3 is 0 Å². The van der Waals surface area contributed by atoms with Crippen LogP contribution in [0.15, 0.2) is 60.7 Å². The molecule has 0 aliphatic rings. The fourth-order valence-electron chi connectivity index (χ4n) is 3.39. The molecule has 0 bridgehead atoms. The average Bonchev–Trinajstić information content (AvgIpc) is 3.08. The number of imidazole rings is 1. The molecule has 29 heavy (non-hydrogen) atoms. The minimum Gasteiger partial charge on any atom is -0.506 e. The van der Waals surface area contributed by atoms with Crippen molar-refractivity contribution in [1.29, 1.82) is 0 Å². The van der Waals surface area contributed by atoms with E-state index in [0.717, 1.165) is 35.3 Å². The number of aryl methyl sites for hydroxylation is 1. The van der Waals surface area contributed by atoms with E-state index in [1.807, 2.05) is 47.9 Å². The van der Waals surface area contributed by atoms with E-state index in [2.05, 4.69) is 22.4 Å². The van der Waals surface area contributed by atoms with Crippen molar-refractivity contribution < 1.29 is 10.2 Å². The Kier molecular flexibility index (Phi) is 5.44. The van der Waals surface area contributed by atoms with Crippen LogP contribution in [0.25, 0.3) is 11.0 Å². The molecule has 0 saturated carbocycles. The predicted octanol–water partition coefficient (Wildman–Crippen LogP) is 3.64. The lowest BCUT2D eigenvalue weighted by atomic mass is 10.1. The number of aromatic nitrogens is 3. The Balaban J connectivity index is 1.66. The molecule has 2 aromatic heterocycles. The van der Waals surface area contributed by atoms with Crippen molar-refractivity contribution in [2.24, 2.45) is 0 Å². The Hall–Kier alpha value is -3.38. The van der Waals surface area contributed by atoms with Crippen LogP contribution in [-0.2, 0) is 19.6 Å². The first-order chi connectivity index (χ1) is 14.1. The second-order valence-corrected chi connectivity index (χ2v) is 7.08. The van der Waals surface area contributed by atoms with E-state index < -0.39 is 0 Å². The normalized spacial score (nSPS) is 11.1. The lowest BCUT2D eigenvalue weighted by molar-refractivity contribution is 0.282. The number of aliphatic hydroxyl groups excluding tert-OH is 1. The van der Waals surface area contributed by atoms with Gasteiger partial charge in [-0.25, -0.2) is 4.98 Å². The van der Waals surface area contributed by atoms with Crippen LogP contribution in [0.4, 0.5) is 5.95 Å². The fraction of sp³-hybridized carbons (Fsp3) is 0.217. The molecule has 6 nitrogen and oxygen atoms in total. The van der Waals surface area contributed by atoms with Crippen molar-refractivity contribution in [1.82, 2.24) is 14.5 Å². The van der Waals surface area contributed by atoms with Gasteiger partial charge in [-0.2, -0.15) is 0 Å². The summed E-state index contributed by atoms with van der Waals surface area (Å²) in [6.07, 6.45) is 0.875. The number of pyridine rings is 1. The van der Waals surface area contributed by atoms with Gasteiger partial charge in [0.05, 0.1) is 24.2 Å². The van der Waals surface area contributed by atoms with Crippen LogP contribution in [-0.4, -0.2) is 31.3 Å². The van der Waals surface area contributed by atoms with E-state index in [1.165, 1.54) is 5.56 Å². The summed E-state index contributed by atoms with van der Waals surface area (Å²) in [5.74, 6) is 0.875. The summed E-state index contributed by atoms with van der Waals surface area (Å²) in [6, 6.07) is 19.4. The highest BCUT2D eigenvalue weighted by molar-refractivity contribution is 5.79. The minimum absolute atomic E-state index is 0.0359. The summed E-state index contributed by atoms with van der Waals surface area (Å²) in [4.78, 5) is 9.22. The van der Waals surface area contributed by atoms with Gasteiger partial charge in [0.25, 0.3) is 0 Å². The Morgan fingerprint density at radius 1 is 0.966 bits per heavy atom. The van der Waals surface area contributed by atoms with Gasteiger partial charge in [-0.3, -0.25) is 4.98 Å². The second kappa shape index (κ2) is 8.32. The number of benzene rings is 2. The van der Waals surface area contributed by atoms with Crippen LogP contribution in [0.3, 0.4) is 0 Å². The number of anilines is 1. The largest absolute Gasteiger partial charge is 0.506 e.